The fraction of sp³-hybridized carbons (Fsp3) is 0.125. The van der Waals surface area contributed by atoms with Gasteiger partial charge in [0.15, 0.2) is 4.77 Å². The zero-order valence-corrected chi connectivity index (χ0v) is 10.7. The summed E-state index contributed by atoms with van der Waals surface area (Å²) in [5, 5.41) is 0. The van der Waals surface area contributed by atoms with Gasteiger partial charge in [0.05, 0.1) is 11.0 Å². The Labute approximate surface area is 88.4 Å². The number of fused-ring (bicyclic) bond motifs is 1. The number of aryl methyl sites for hydroxylation is 1. The molecule has 0 spiro atoms. The van der Waals surface area contributed by atoms with Crippen LogP contribution in [0.15, 0.2) is 24.3 Å². The van der Waals surface area contributed by atoms with Crippen molar-refractivity contribution < 1.29 is 19.5 Å². The third-order valence-electron chi connectivity index (χ3n) is 1.81. The van der Waals surface area contributed by atoms with E-state index in [4.69, 9.17) is 12.2 Å². The number of aromatic amines is 1. The summed E-state index contributed by atoms with van der Waals surface area (Å²) in [7, 11) is 1.96. The Bertz CT molecular complexity index is 443. The molecule has 2 rings (SSSR count). The van der Waals surface area contributed by atoms with Gasteiger partial charge in [-0.05, 0) is 24.4 Å². The van der Waals surface area contributed by atoms with Gasteiger partial charge in [0, 0.05) is 7.05 Å². The maximum absolute atomic E-state index is 5.06. The molecule has 2 nitrogen and oxygen atoms in total. The summed E-state index contributed by atoms with van der Waals surface area (Å²) in [5.41, 5.74) is 2.25. The summed E-state index contributed by atoms with van der Waals surface area (Å²) in [6, 6.07) is 8.06. The van der Waals surface area contributed by atoms with E-state index in [2.05, 4.69) is 4.98 Å². The van der Waals surface area contributed by atoms with Crippen molar-refractivity contribution in [2.24, 2.45) is 7.05 Å². The average Bonchev–Trinajstić information content (AvgIpc) is 2.30. The van der Waals surface area contributed by atoms with Gasteiger partial charge in [0.1, 0.15) is 0 Å². The number of rotatable bonds is 0. The Morgan fingerprint density at radius 2 is 2.00 bits per heavy atom. The Morgan fingerprint density at radius 3 is 2.67 bits per heavy atom. The van der Waals surface area contributed by atoms with Gasteiger partial charge < -0.3 is 9.55 Å². The Morgan fingerprint density at radius 1 is 1.33 bits per heavy atom. The van der Waals surface area contributed by atoms with Crippen LogP contribution in [0.25, 0.3) is 11.0 Å². The molecule has 0 fully saturated rings. The molecule has 0 saturated carbocycles. The van der Waals surface area contributed by atoms with Gasteiger partial charge in [-0.1, -0.05) is 12.1 Å². The van der Waals surface area contributed by atoms with Gasteiger partial charge in [-0.25, -0.2) is 0 Å². The van der Waals surface area contributed by atoms with Crippen molar-refractivity contribution in [3.8, 4) is 0 Å². The third-order valence-corrected chi connectivity index (χ3v) is 2.19. The van der Waals surface area contributed by atoms with Crippen molar-refractivity contribution in [2.75, 3.05) is 0 Å². The van der Waals surface area contributed by atoms with Crippen LogP contribution in [0.2, 0.25) is 0 Å². The summed E-state index contributed by atoms with van der Waals surface area (Å²) < 4.78 is 2.73. The van der Waals surface area contributed by atoms with Crippen LogP contribution in [0.1, 0.15) is 0 Å². The maximum atomic E-state index is 5.06. The maximum Gasteiger partial charge on any atom is 2.00 e. The second-order valence-electron chi connectivity index (χ2n) is 2.51. The van der Waals surface area contributed by atoms with E-state index < -0.39 is 0 Å². The molecule has 56 valence electrons. The standard InChI is InChI=1S/C8H8N2S.Zn/c1-10-7-5-3-2-4-6(7)9-8(10)11;/h2-5H,1H3,(H,9,11);/q;+2. The smallest absolute Gasteiger partial charge is 0.331 e. The minimum absolute atomic E-state index is 0. The van der Waals surface area contributed by atoms with Crippen LogP contribution >= 0.6 is 12.2 Å². The molecule has 1 aromatic carbocycles. The first-order chi connectivity index (χ1) is 5.29. The predicted molar refractivity (Wildman–Crippen MR) is 48.1 cm³/mol. The molecule has 0 aliphatic carbocycles. The van der Waals surface area contributed by atoms with Crippen LogP contribution in [0, 0.1) is 4.77 Å². The largest absolute Gasteiger partial charge is 2.00 e. The van der Waals surface area contributed by atoms with Gasteiger partial charge in [0.2, 0.25) is 0 Å². The zero-order valence-electron chi connectivity index (χ0n) is 6.87. The van der Waals surface area contributed by atoms with Crippen LogP contribution in [-0.4, -0.2) is 9.55 Å². The van der Waals surface area contributed by atoms with E-state index in [1.54, 1.807) is 0 Å². The summed E-state index contributed by atoms with van der Waals surface area (Å²) >= 11 is 5.06. The van der Waals surface area contributed by atoms with Crippen molar-refractivity contribution in [3.63, 3.8) is 0 Å². The van der Waals surface area contributed by atoms with E-state index in [9.17, 15) is 0 Å². The van der Waals surface area contributed by atoms with E-state index in [0.717, 1.165) is 15.8 Å². The summed E-state index contributed by atoms with van der Waals surface area (Å²) in [4.78, 5) is 3.10. The molecular formula is C8H8N2SZn+2. The minimum Gasteiger partial charge on any atom is -0.331 e. The van der Waals surface area contributed by atoms with Crippen LogP contribution in [0.5, 0.6) is 0 Å². The molecule has 0 amide bonds. The topological polar surface area (TPSA) is 20.7 Å². The molecule has 0 unspecified atom stereocenters. The third kappa shape index (κ3) is 1.37. The number of hydrogen-bond acceptors (Lipinski definition) is 1. The van der Waals surface area contributed by atoms with Crippen molar-refractivity contribution in [2.45, 2.75) is 0 Å². The second kappa shape index (κ2) is 3.50. The van der Waals surface area contributed by atoms with E-state index in [1.807, 2.05) is 35.9 Å². The van der Waals surface area contributed by atoms with Gasteiger partial charge in [0.25, 0.3) is 0 Å². The fourth-order valence-corrected chi connectivity index (χ4v) is 1.39. The zero-order chi connectivity index (χ0) is 7.84. The molecule has 0 bridgehead atoms. The Balaban J connectivity index is 0.000000720. The quantitative estimate of drug-likeness (QED) is 0.543. The number of aromatic nitrogens is 2. The van der Waals surface area contributed by atoms with Crippen LogP contribution in [0.3, 0.4) is 0 Å². The van der Waals surface area contributed by atoms with E-state index in [0.29, 0.717) is 0 Å². The molecule has 0 aliphatic heterocycles. The van der Waals surface area contributed by atoms with E-state index in [1.165, 1.54) is 0 Å². The Hall–Kier alpha value is -0.467. The van der Waals surface area contributed by atoms with E-state index >= 15 is 0 Å². The number of nitrogens with one attached hydrogen (secondary N) is 1. The van der Waals surface area contributed by atoms with E-state index in [-0.39, 0.29) is 19.5 Å². The van der Waals surface area contributed by atoms with Gasteiger partial charge in [-0.2, -0.15) is 0 Å². The van der Waals surface area contributed by atoms with Gasteiger partial charge in [-0.15, -0.1) is 0 Å². The number of imidazole rings is 1. The number of para-hydroxylation sites is 2. The predicted octanol–water partition coefficient (Wildman–Crippen LogP) is 2.23. The molecule has 12 heavy (non-hydrogen) atoms. The molecule has 4 heteroatoms. The first kappa shape index (κ1) is 9.62. The minimum atomic E-state index is 0. The van der Waals surface area contributed by atoms with Gasteiger partial charge in [-0.3, -0.25) is 0 Å². The first-order valence-corrected chi connectivity index (χ1v) is 3.83. The normalized spacial score (nSPS) is 9.75. The fourth-order valence-electron chi connectivity index (χ4n) is 1.18. The van der Waals surface area contributed by atoms with Crippen molar-refractivity contribution in [1.82, 2.24) is 9.55 Å². The van der Waals surface area contributed by atoms with Crippen LogP contribution in [0.4, 0.5) is 0 Å². The molecule has 0 radical (unpaired) electrons. The number of hydrogen-bond donors (Lipinski definition) is 1. The van der Waals surface area contributed by atoms with Gasteiger partial charge >= 0.3 is 19.5 Å². The molecule has 0 aliphatic rings. The van der Waals surface area contributed by atoms with Crippen molar-refractivity contribution in [1.29, 1.82) is 0 Å². The van der Waals surface area contributed by atoms with Crippen LogP contribution in [-0.2, 0) is 26.5 Å². The molecular weight excluding hydrogens is 222 g/mol. The van der Waals surface area contributed by atoms with Crippen molar-refractivity contribution >= 4 is 23.3 Å². The molecule has 0 saturated heterocycles. The SMILES string of the molecule is Cn1c(=S)[nH]c2ccccc21.[Zn+2]. The Kier molecular flexibility index (Phi) is 2.81. The number of nitrogens with zero attached hydrogens (tertiary/aromatic N) is 1. The molecule has 1 aromatic heterocycles. The van der Waals surface area contributed by atoms with Crippen molar-refractivity contribution in [3.05, 3.63) is 29.0 Å². The number of benzene rings is 1. The molecule has 2 aromatic rings. The summed E-state index contributed by atoms with van der Waals surface area (Å²) in [6.07, 6.45) is 0. The average molecular weight is 230 g/mol. The number of H-pyrrole nitrogens is 1. The summed E-state index contributed by atoms with van der Waals surface area (Å²) in [5.74, 6) is 0. The monoisotopic (exact) mass is 228 g/mol. The van der Waals surface area contributed by atoms with Crippen LogP contribution < -0.4 is 0 Å². The molecule has 1 N–H and O–H groups in total. The molecule has 0 atom stereocenters. The first-order valence-electron chi connectivity index (χ1n) is 3.43. The second-order valence-corrected chi connectivity index (χ2v) is 2.89. The molecule has 1 heterocycles. The summed E-state index contributed by atoms with van der Waals surface area (Å²) in [6.45, 7) is 0.